The van der Waals surface area contributed by atoms with E-state index >= 15 is 0 Å². The highest BCUT2D eigenvalue weighted by molar-refractivity contribution is 6.52. The van der Waals surface area contributed by atoms with Crippen molar-refractivity contribution in [3.05, 3.63) is 52.6 Å². The molecule has 1 heterocycles. The van der Waals surface area contributed by atoms with Gasteiger partial charge in [0.2, 0.25) is 5.91 Å². The van der Waals surface area contributed by atoms with Crippen molar-refractivity contribution in [3.63, 3.8) is 0 Å². The molecular formula is C22H11Cl3F9N3O4. The number of benzene rings is 2. The molecule has 4 rings (SSSR count). The van der Waals surface area contributed by atoms with Crippen molar-refractivity contribution < 1.29 is 58.6 Å². The van der Waals surface area contributed by atoms with Crippen LogP contribution in [0.15, 0.2) is 30.3 Å². The second-order valence-corrected chi connectivity index (χ2v) is 10.7. The molecule has 7 nitrogen and oxygen atoms in total. The van der Waals surface area contributed by atoms with Crippen LogP contribution in [0.5, 0.6) is 0 Å². The number of nitrogens with one attached hydrogen (secondary N) is 3. The van der Waals surface area contributed by atoms with Gasteiger partial charge in [-0.05, 0) is 36.8 Å². The molecule has 2 aliphatic rings. The molecule has 222 valence electrons. The Bertz CT molecular complexity index is 1480. The van der Waals surface area contributed by atoms with Crippen molar-refractivity contribution in [2.75, 3.05) is 16.0 Å². The highest BCUT2D eigenvalue weighted by atomic mass is 35.5. The summed E-state index contributed by atoms with van der Waals surface area (Å²) in [6.07, 6.45) is -6.03. The number of hydrogen-bond donors (Lipinski definition) is 3. The summed E-state index contributed by atoms with van der Waals surface area (Å²) in [6.45, 7) is 0. The highest BCUT2D eigenvalue weighted by Gasteiger charge is 2.92. The average Bonchev–Trinajstić information content (AvgIpc) is 3.49. The zero-order chi connectivity index (χ0) is 30.9. The maximum atomic E-state index is 15.0. The van der Waals surface area contributed by atoms with Crippen LogP contribution in [0.1, 0.15) is 16.8 Å². The fraction of sp³-hybridized carbons (Fsp3) is 0.318. The van der Waals surface area contributed by atoms with Gasteiger partial charge in [-0.2, -0.15) is 30.7 Å². The Balaban J connectivity index is 1.56. The Morgan fingerprint density at radius 2 is 1.49 bits per heavy atom. The number of amides is 3. The minimum atomic E-state index is -6.53. The van der Waals surface area contributed by atoms with Crippen molar-refractivity contribution in [2.45, 2.75) is 34.6 Å². The van der Waals surface area contributed by atoms with Crippen LogP contribution < -0.4 is 16.0 Å². The van der Waals surface area contributed by atoms with E-state index < -0.39 is 80.4 Å². The third-order valence-corrected chi connectivity index (χ3v) is 7.09. The van der Waals surface area contributed by atoms with Gasteiger partial charge in [0, 0.05) is 5.69 Å². The first-order valence-corrected chi connectivity index (χ1v) is 11.9. The fourth-order valence-corrected chi connectivity index (χ4v) is 4.24. The summed E-state index contributed by atoms with van der Waals surface area (Å²) in [5.74, 6) is -28.3. The fourth-order valence-electron chi connectivity index (χ4n) is 3.53. The lowest BCUT2D eigenvalue weighted by Gasteiger charge is -2.25. The molecule has 3 N–H and O–H groups in total. The van der Waals surface area contributed by atoms with Crippen LogP contribution in [-0.4, -0.2) is 45.9 Å². The molecule has 3 amide bonds. The smallest absolute Gasteiger partial charge is 0.326 e. The van der Waals surface area contributed by atoms with Gasteiger partial charge in [0.15, 0.2) is 5.82 Å². The molecule has 1 aliphatic heterocycles. The number of carbonyl (C=O) groups is 3. The van der Waals surface area contributed by atoms with Gasteiger partial charge in [0.25, 0.3) is 11.8 Å². The topological polar surface area (TPSA) is 96.5 Å². The summed E-state index contributed by atoms with van der Waals surface area (Å²) < 4.78 is 126. The number of rotatable bonds is 6. The molecule has 2 atom stereocenters. The first-order valence-electron chi connectivity index (χ1n) is 10.8. The molecule has 2 fully saturated rings. The summed E-state index contributed by atoms with van der Waals surface area (Å²) in [5, 5.41) is 4.86. The van der Waals surface area contributed by atoms with Crippen LogP contribution in [0.25, 0.3) is 0 Å². The monoisotopic (exact) mass is 657 g/mol. The standard InChI is InChI=1S/C22H11Cl3F9N3O4/c23-10-2-1-7(35-16(39)9-6-18(9,24)25)5-8(10)15(38)36-12-4-3-11(26)14(13(12)27)37-17(40)19(28)20(29,30)21(31,32)22(33,34)41-19/h1-5,9H,6H2,(H,35,39)(H,36,38)(H,37,40). The summed E-state index contributed by atoms with van der Waals surface area (Å²) in [4.78, 5) is 36.9. The van der Waals surface area contributed by atoms with E-state index in [1.165, 1.54) is 6.07 Å². The van der Waals surface area contributed by atoms with Crippen LogP contribution in [0.3, 0.4) is 0 Å². The lowest BCUT2D eigenvalue weighted by molar-refractivity contribution is -0.333. The van der Waals surface area contributed by atoms with Gasteiger partial charge >= 0.3 is 23.8 Å². The van der Waals surface area contributed by atoms with Gasteiger partial charge in [-0.3, -0.25) is 19.1 Å². The van der Waals surface area contributed by atoms with E-state index in [-0.39, 0.29) is 17.1 Å². The lowest BCUT2D eigenvalue weighted by atomic mass is 10.1. The van der Waals surface area contributed by atoms with Gasteiger partial charge in [0.05, 0.1) is 22.2 Å². The van der Waals surface area contributed by atoms with Crippen molar-refractivity contribution in [1.29, 1.82) is 0 Å². The van der Waals surface area contributed by atoms with Crippen molar-refractivity contribution in [2.24, 2.45) is 5.92 Å². The van der Waals surface area contributed by atoms with Crippen LogP contribution in [0.2, 0.25) is 5.02 Å². The number of alkyl halides is 9. The van der Waals surface area contributed by atoms with E-state index in [4.69, 9.17) is 34.8 Å². The second kappa shape index (κ2) is 9.81. The van der Waals surface area contributed by atoms with E-state index in [2.05, 4.69) is 10.1 Å². The molecule has 0 radical (unpaired) electrons. The van der Waals surface area contributed by atoms with E-state index in [1.54, 1.807) is 0 Å². The second-order valence-electron chi connectivity index (χ2n) is 8.76. The third kappa shape index (κ3) is 5.04. The Labute approximate surface area is 237 Å². The Hall–Kier alpha value is -2.95. The molecule has 0 aromatic heterocycles. The molecule has 1 saturated heterocycles. The number of hydrogen-bond acceptors (Lipinski definition) is 4. The first-order chi connectivity index (χ1) is 18.7. The molecule has 1 aliphatic carbocycles. The van der Waals surface area contributed by atoms with E-state index in [0.29, 0.717) is 12.1 Å². The zero-order valence-electron chi connectivity index (χ0n) is 19.3. The minimum absolute atomic E-state index is 0.00690. The molecule has 1 saturated carbocycles. The van der Waals surface area contributed by atoms with Gasteiger partial charge in [-0.1, -0.05) is 11.6 Å². The van der Waals surface area contributed by atoms with Gasteiger partial charge in [0.1, 0.15) is 15.8 Å². The molecule has 2 aromatic rings. The maximum Gasteiger partial charge on any atom is 0.429 e. The largest absolute Gasteiger partial charge is 0.429 e. The number of carbonyl (C=O) groups excluding carboxylic acids is 3. The minimum Gasteiger partial charge on any atom is -0.326 e. The Kier molecular flexibility index (Phi) is 7.42. The van der Waals surface area contributed by atoms with Crippen molar-refractivity contribution in [3.8, 4) is 0 Å². The summed E-state index contributed by atoms with van der Waals surface area (Å²) in [6, 6.07) is 4.30. The predicted molar refractivity (Wildman–Crippen MR) is 125 cm³/mol. The zero-order valence-corrected chi connectivity index (χ0v) is 21.6. The van der Waals surface area contributed by atoms with Crippen LogP contribution >= 0.6 is 34.8 Å². The van der Waals surface area contributed by atoms with Gasteiger partial charge < -0.3 is 16.0 Å². The number of anilines is 3. The molecule has 2 unspecified atom stereocenters. The van der Waals surface area contributed by atoms with E-state index in [1.807, 2.05) is 5.32 Å². The quantitative estimate of drug-likeness (QED) is 0.244. The van der Waals surface area contributed by atoms with Crippen LogP contribution in [-0.2, 0) is 14.3 Å². The highest BCUT2D eigenvalue weighted by Crippen LogP contribution is 2.61. The summed E-state index contributed by atoms with van der Waals surface area (Å²) in [5.41, 5.74) is -3.21. The van der Waals surface area contributed by atoms with Crippen molar-refractivity contribution >= 4 is 69.6 Å². The Morgan fingerprint density at radius 1 is 0.878 bits per heavy atom. The number of halogens is 12. The van der Waals surface area contributed by atoms with Crippen molar-refractivity contribution in [1.82, 2.24) is 0 Å². The van der Waals surface area contributed by atoms with Crippen LogP contribution in [0, 0.1) is 17.6 Å². The molecule has 19 heteroatoms. The number of ether oxygens (including phenoxy) is 1. The van der Waals surface area contributed by atoms with E-state index in [9.17, 15) is 53.9 Å². The lowest BCUT2D eigenvalue weighted by Crippen LogP contribution is -2.57. The summed E-state index contributed by atoms with van der Waals surface area (Å²) in [7, 11) is 0. The van der Waals surface area contributed by atoms with Gasteiger partial charge in [-0.15, -0.1) is 23.2 Å². The molecule has 0 spiro atoms. The van der Waals surface area contributed by atoms with Crippen LogP contribution in [0.4, 0.5) is 56.6 Å². The third-order valence-electron chi connectivity index (χ3n) is 5.92. The Morgan fingerprint density at radius 3 is 2.02 bits per heavy atom. The van der Waals surface area contributed by atoms with Gasteiger partial charge in [-0.25, -0.2) is 8.78 Å². The summed E-state index contributed by atoms with van der Waals surface area (Å²) >= 11 is 17.6. The first kappa shape index (κ1) is 31.0. The predicted octanol–water partition coefficient (Wildman–Crippen LogP) is 6.50. The average molecular weight is 659 g/mol. The maximum absolute atomic E-state index is 15.0. The molecular weight excluding hydrogens is 648 g/mol. The SMILES string of the molecule is O=C(Nc1ccc(F)c(NC(=O)C2(F)OC(F)(F)C(F)(F)C2(F)F)c1F)c1cc(NC(=O)C2CC2(Cl)Cl)ccc1Cl. The van der Waals surface area contributed by atoms with E-state index in [0.717, 1.165) is 17.4 Å². The normalized spacial score (nSPS) is 24.8. The molecule has 0 bridgehead atoms. The molecule has 2 aromatic carbocycles. The molecule has 41 heavy (non-hydrogen) atoms.